The van der Waals surface area contributed by atoms with Gasteiger partial charge in [-0.05, 0) is 55.7 Å². The smallest absolute Gasteiger partial charge is 0.338 e. The topological polar surface area (TPSA) is 92.8 Å². The molecule has 2 aromatic rings. The number of benzene rings is 2. The molecule has 32 heavy (non-hydrogen) atoms. The number of nitrogens with one attached hydrogen (secondary N) is 1. The van der Waals surface area contributed by atoms with Crippen LogP contribution in [-0.4, -0.2) is 30.3 Å². The zero-order valence-electron chi connectivity index (χ0n) is 17.3. The molecule has 1 fully saturated rings. The van der Waals surface area contributed by atoms with E-state index in [1.165, 1.54) is 12.1 Å². The summed E-state index contributed by atoms with van der Waals surface area (Å²) in [5, 5.41) is 3.16. The van der Waals surface area contributed by atoms with Crippen LogP contribution in [0.5, 0.6) is 0 Å². The maximum atomic E-state index is 12.8. The normalized spacial score (nSPS) is 19.6. The molecule has 1 aliphatic heterocycles. The number of nitrogens with zero attached hydrogens (tertiary/aromatic N) is 1. The van der Waals surface area contributed by atoms with Gasteiger partial charge in [0.15, 0.2) is 6.61 Å². The van der Waals surface area contributed by atoms with Crippen molar-refractivity contribution in [1.82, 2.24) is 0 Å². The van der Waals surface area contributed by atoms with Crippen molar-refractivity contribution in [1.29, 1.82) is 0 Å². The van der Waals surface area contributed by atoms with Crippen molar-refractivity contribution in [2.24, 2.45) is 11.8 Å². The average molecular weight is 453 g/mol. The number of allylic oxidation sites excluding steroid dienone is 2. The van der Waals surface area contributed by atoms with Crippen LogP contribution in [0.3, 0.4) is 0 Å². The van der Waals surface area contributed by atoms with E-state index in [2.05, 4.69) is 5.32 Å². The van der Waals surface area contributed by atoms with E-state index in [-0.39, 0.29) is 29.2 Å². The van der Waals surface area contributed by atoms with Gasteiger partial charge in [-0.3, -0.25) is 19.3 Å². The van der Waals surface area contributed by atoms with Crippen LogP contribution in [0.25, 0.3) is 0 Å². The lowest BCUT2D eigenvalue weighted by molar-refractivity contribution is -0.122. The molecule has 0 radical (unpaired) electrons. The Labute approximate surface area is 190 Å². The Kier molecular flexibility index (Phi) is 6.10. The molecule has 0 spiro atoms. The molecule has 1 N–H and O–H groups in total. The molecule has 8 heteroatoms. The number of anilines is 2. The summed E-state index contributed by atoms with van der Waals surface area (Å²) in [5.74, 6) is -2.48. The molecule has 7 nitrogen and oxygen atoms in total. The molecular weight excluding hydrogens is 432 g/mol. The number of amides is 3. The SMILES string of the molecule is Cc1c(Cl)cccc1NC(=O)COC(=O)c1cccc(N2C(=O)[C@@H]3CC=CC[C@H]3C2=O)c1. The van der Waals surface area contributed by atoms with Gasteiger partial charge in [0.2, 0.25) is 11.8 Å². The third-order valence-electron chi connectivity index (χ3n) is 5.72. The molecule has 1 heterocycles. The summed E-state index contributed by atoms with van der Waals surface area (Å²) in [6.45, 7) is 1.27. The first kappa shape index (κ1) is 21.8. The first-order chi connectivity index (χ1) is 15.4. The minimum atomic E-state index is -0.733. The lowest BCUT2D eigenvalue weighted by Gasteiger charge is -2.15. The maximum Gasteiger partial charge on any atom is 0.338 e. The first-order valence-corrected chi connectivity index (χ1v) is 10.6. The van der Waals surface area contributed by atoms with Crippen molar-refractivity contribution in [2.75, 3.05) is 16.8 Å². The van der Waals surface area contributed by atoms with E-state index in [1.807, 2.05) is 12.2 Å². The highest BCUT2D eigenvalue weighted by molar-refractivity contribution is 6.31. The number of hydrogen-bond donors (Lipinski definition) is 1. The Bertz CT molecular complexity index is 1120. The Hall–Kier alpha value is -3.45. The van der Waals surface area contributed by atoms with Gasteiger partial charge in [-0.1, -0.05) is 35.9 Å². The van der Waals surface area contributed by atoms with Gasteiger partial charge >= 0.3 is 5.97 Å². The monoisotopic (exact) mass is 452 g/mol. The summed E-state index contributed by atoms with van der Waals surface area (Å²) in [6, 6.07) is 11.2. The highest BCUT2D eigenvalue weighted by atomic mass is 35.5. The molecule has 0 aromatic heterocycles. The van der Waals surface area contributed by atoms with Crippen LogP contribution in [0.2, 0.25) is 5.02 Å². The fourth-order valence-corrected chi connectivity index (χ4v) is 4.14. The van der Waals surface area contributed by atoms with Gasteiger partial charge in [-0.2, -0.15) is 0 Å². The quantitative estimate of drug-likeness (QED) is 0.422. The number of carbonyl (C=O) groups excluding carboxylic acids is 4. The summed E-state index contributed by atoms with van der Waals surface area (Å²) >= 11 is 6.04. The molecule has 2 aliphatic rings. The first-order valence-electron chi connectivity index (χ1n) is 10.2. The maximum absolute atomic E-state index is 12.8. The van der Waals surface area contributed by atoms with E-state index < -0.39 is 18.5 Å². The number of esters is 1. The van der Waals surface area contributed by atoms with Crippen LogP contribution >= 0.6 is 11.6 Å². The molecule has 2 atom stereocenters. The van der Waals surface area contributed by atoms with Crippen LogP contribution in [0.4, 0.5) is 11.4 Å². The summed E-state index contributed by atoms with van der Waals surface area (Å²) < 4.78 is 5.12. The van der Waals surface area contributed by atoms with E-state index >= 15 is 0 Å². The molecular formula is C24H21ClN2O5. The molecule has 1 aliphatic carbocycles. The standard InChI is InChI=1S/C24H21ClN2O5/c1-14-19(25)10-5-11-20(14)26-21(28)13-32-24(31)15-6-4-7-16(12-15)27-22(29)17-8-2-3-9-18(17)23(27)30/h2-7,10-12,17-18H,8-9,13H2,1H3,(H,26,28)/t17-,18-/m1/s1. The summed E-state index contributed by atoms with van der Waals surface area (Å²) in [5.41, 5.74) is 1.70. The molecule has 164 valence electrons. The summed E-state index contributed by atoms with van der Waals surface area (Å²) in [6.07, 6.45) is 4.91. The Morgan fingerprint density at radius 2 is 1.72 bits per heavy atom. The van der Waals surface area contributed by atoms with Gasteiger partial charge in [-0.25, -0.2) is 4.79 Å². The lowest BCUT2D eigenvalue weighted by atomic mass is 9.85. The van der Waals surface area contributed by atoms with Crippen LogP contribution < -0.4 is 10.2 Å². The third kappa shape index (κ3) is 4.16. The number of imide groups is 1. The number of halogens is 1. The second kappa shape index (κ2) is 8.96. The van der Waals surface area contributed by atoms with Gasteiger partial charge in [0.1, 0.15) is 0 Å². The minimum absolute atomic E-state index is 0.142. The van der Waals surface area contributed by atoms with Crippen molar-refractivity contribution >= 4 is 46.7 Å². The molecule has 0 bridgehead atoms. The second-order valence-electron chi connectivity index (χ2n) is 7.75. The van der Waals surface area contributed by atoms with Crippen LogP contribution in [0.1, 0.15) is 28.8 Å². The van der Waals surface area contributed by atoms with Crippen LogP contribution in [0, 0.1) is 18.8 Å². The molecule has 1 saturated heterocycles. The van der Waals surface area contributed by atoms with Gasteiger partial charge in [0.25, 0.3) is 5.91 Å². The molecule has 4 rings (SSSR count). The predicted molar refractivity (Wildman–Crippen MR) is 119 cm³/mol. The third-order valence-corrected chi connectivity index (χ3v) is 6.13. The number of rotatable bonds is 5. The van der Waals surface area contributed by atoms with Crippen molar-refractivity contribution in [3.05, 3.63) is 70.8 Å². The highest BCUT2D eigenvalue weighted by Crippen LogP contribution is 2.37. The number of hydrogen-bond acceptors (Lipinski definition) is 5. The zero-order valence-corrected chi connectivity index (χ0v) is 18.1. The van der Waals surface area contributed by atoms with E-state index in [9.17, 15) is 19.2 Å². The fraction of sp³-hybridized carbons (Fsp3) is 0.250. The summed E-state index contributed by atoms with van der Waals surface area (Å²) in [7, 11) is 0. The molecule has 2 aromatic carbocycles. The van der Waals surface area contributed by atoms with Crippen molar-refractivity contribution < 1.29 is 23.9 Å². The Morgan fingerprint density at radius 3 is 2.41 bits per heavy atom. The number of fused-ring (bicyclic) bond motifs is 1. The molecule has 3 amide bonds. The fourth-order valence-electron chi connectivity index (χ4n) is 3.97. The predicted octanol–water partition coefficient (Wildman–Crippen LogP) is 3.90. The van der Waals surface area contributed by atoms with Gasteiger partial charge in [0, 0.05) is 10.7 Å². The van der Waals surface area contributed by atoms with Crippen molar-refractivity contribution in [3.63, 3.8) is 0 Å². The Balaban J connectivity index is 1.41. The average Bonchev–Trinajstić information content (AvgIpc) is 3.05. The van der Waals surface area contributed by atoms with E-state index in [1.54, 1.807) is 37.3 Å². The molecule has 0 unspecified atom stereocenters. The van der Waals surface area contributed by atoms with E-state index in [4.69, 9.17) is 16.3 Å². The van der Waals surface area contributed by atoms with Crippen molar-refractivity contribution in [3.8, 4) is 0 Å². The Morgan fingerprint density at radius 1 is 1.06 bits per heavy atom. The summed E-state index contributed by atoms with van der Waals surface area (Å²) in [4.78, 5) is 51.3. The minimum Gasteiger partial charge on any atom is -0.452 e. The van der Waals surface area contributed by atoms with Gasteiger partial charge < -0.3 is 10.1 Å². The number of ether oxygens (including phenoxy) is 1. The lowest BCUT2D eigenvalue weighted by Crippen LogP contribution is -2.31. The second-order valence-corrected chi connectivity index (χ2v) is 8.16. The zero-order chi connectivity index (χ0) is 22.8. The van der Waals surface area contributed by atoms with Gasteiger partial charge in [0.05, 0.1) is 23.1 Å². The van der Waals surface area contributed by atoms with Crippen LogP contribution in [0.15, 0.2) is 54.6 Å². The van der Waals surface area contributed by atoms with E-state index in [0.29, 0.717) is 34.8 Å². The van der Waals surface area contributed by atoms with E-state index in [0.717, 1.165) is 4.90 Å². The van der Waals surface area contributed by atoms with Gasteiger partial charge in [-0.15, -0.1) is 0 Å². The molecule has 0 saturated carbocycles. The van der Waals surface area contributed by atoms with Crippen molar-refractivity contribution in [2.45, 2.75) is 19.8 Å². The highest BCUT2D eigenvalue weighted by Gasteiger charge is 2.47. The van der Waals surface area contributed by atoms with Crippen LogP contribution in [-0.2, 0) is 19.1 Å². The number of carbonyl (C=O) groups is 4. The largest absolute Gasteiger partial charge is 0.452 e.